The summed E-state index contributed by atoms with van der Waals surface area (Å²) in [6.07, 6.45) is 5.24. The summed E-state index contributed by atoms with van der Waals surface area (Å²) >= 11 is 0. The van der Waals surface area contributed by atoms with E-state index in [0.717, 1.165) is 18.6 Å². The maximum absolute atomic E-state index is 5.60. The highest BCUT2D eigenvalue weighted by atomic mass is 15.3. The molecule has 94 valence electrons. The zero-order valence-corrected chi connectivity index (χ0v) is 10.9. The predicted octanol–water partition coefficient (Wildman–Crippen LogP) is 1.28. The molecule has 2 fully saturated rings. The minimum absolute atomic E-state index is 0.710. The number of rotatable bonds is 4. The number of piperazine rings is 1. The fraction of sp³-hybridized carbons (Fsp3) is 1.00. The van der Waals surface area contributed by atoms with Crippen molar-refractivity contribution in [3.05, 3.63) is 0 Å². The molecule has 0 radical (unpaired) electrons. The maximum Gasteiger partial charge on any atom is 0.0224 e. The Bertz CT molecular complexity index is 219. The highest BCUT2D eigenvalue weighted by Crippen LogP contribution is 2.26. The van der Waals surface area contributed by atoms with Crippen LogP contribution >= 0.6 is 0 Å². The van der Waals surface area contributed by atoms with Crippen LogP contribution in [0, 0.1) is 0 Å². The van der Waals surface area contributed by atoms with Crippen molar-refractivity contribution >= 4 is 0 Å². The molecule has 0 bridgehead atoms. The van der Waals surface area contributed by atoms with E-state index in [0.29, 0.717) is 6.04 Å². The van der Waals surface area contributed by atoms with Crippen LogP contribution in [0.2, 0.25) is 0 Å². The van der Waals surface area contributed by atoms with Crippen LogP contribution in [0.1, 0.15) is 39.5 Å². The van der Waals surface area contributed by atoms with Gasteiger partial charge < -0.3 is 5.73 Å². The van der Waals surface area contributed by atoms with E-state index in [4.69, 9.17) is 5.73 Å². The lowest BCUT2D eigenvalue weighted by Crippen LogP contribution is -2.57. The molecule has 3 unspecified atom stereocenters. The van der Waals surface area contributed by atoms with Gasteiger partial charge >= 0.3 is 0 Å². The standard InChI is InChI=1S/C13H27N3/c1-11(5-3-7-14)16-10-13-6-4-8-15(13)9-12(16)2/h11-13H,3-10,14H2,1-2H3. The molecule has 0 aliphatic carbocycles. The summed E-state index contributed by atoms with van der Waals surface area (Å²) in [4.78, 5) is 5.40. The zero-order valence-electron chi connectivity index (χ0n) is 10.9. The number of hydrogen-bond acceptors (Lipinski definition) is 3. The maximum atomic E-state index is 5.60. The first-order valence-electron chi connectivity index (χ1n) is 6.92. The Balaban J connectivity index is 1.88. The minimum Gasteiger partial charge on any atom is -0.330 e. The summed E-state index contributed by atoms with van der Waals surface area (Å²) in [6, 6.07) is 2.28. The molecule has 2 saturated heterocycles. The average molecular weight is 225 g/mol. The summed E-state index contributed by atoms with van der Waals surface area (Å²) < 4.78 is 0. The van der Waals surface area contributed by atoms with Gasteiger partial charge in [0.15, 0.2) is 0 Å². The summed E-state index contributed by atoms with van der Waals surface area (Å²) in [5.74, 6) is 0. The third kappa shape index (κ3) is 2.58. The average Bonchev–Trinajstić information content (AvgIpc) is 2.71. The quantitative estimate of drug-likeness (QED) is 0.782. The fourth-order valence-corrected chi connectivity index (χ4v) is 3.40. The molecule has 2 aliphatic heterocycles. The van der Waals surface area contributed by atoms with Gasteiger partial charge in [-0.2, -0.15) is 0 Å². The molecule has 2 N–H and O–H groups in total. The van der Waals surface area contributed by atoms with E-state index in [-0.39, 0.29) is 0 Å². The van der Waals surface area contributed by atoms with Crippen molar-refractivity contribution in [2.75, 3.05) is 26.2 Å². The number of hydrogen-bond donors (Lipinski definition) is 1. The van der Waals surface area contributed by atoms with Gasteiger partial charge in [-0.25, -0.2) is 0 Å². The first-order chi connectivity index (χ1) is 7.72. The molecule has 0 aromatic rings. The van der Waals surface area contributed by atoms with Crippen molar-refractivity contribution in [1.29, 1.82) is 0 Å². The molecule has 0 spiro atoms. The first kappa shape index (κ1) is 12.3. The second kappa shape index (κ2) is 5.48. The monoisotopic (exact) mass is 225 g/mol. The summed E-state index contributed by atoms with van der Waals surface area (Å²) in [7, 11) is 0. The van der Waals surface area contributed by atoms with Crippen LogP contribution in [-0.4, -0.2) is 54.1 Å². The highest BCUT2D eigenvalue weighted by Gasteiger charge is 2.35. The molecule has 3 heteroatoms. The van der Waals surface area contributed by atoms with Gasteiger partial charge in [0.05, 0.1) is 0 Å². The van der Waals surface area contributed by atoms with Gasteiger partial charge in [0, 0.05) is 31.2 Å². The van der Waals surface area contributed by atoms with E-state index in [1.165, 1.54) is 45.3 Å². The second-order valence-corrected chi connectivity index (χ2v) is 5.62. The van der Waals surface area contributed by atoms with E-state index >= 15 is 0 Å². The van der Waals surface area contributed by atoms with E-state index in [1.807, 2.05) is 0 Å². The van der Waals surface area contributed by atoms with E-state index < -0.39 is 0 Å². The minimum atomic E-state index is 0.710. The Morgan fingerprint density at radius 2 is 2.19 bits per heavy atom. The molecule has 2 aliphatic rings. The molecular weight excluding hydrogens is 198 g/mol. The third-order valence-electron chi connectivity index (χ3n) is 4.38. The van der Waals surface area contributed by atoms with E-state index in [1.54, 1.807) is 0 Å². The van der Waals surface area contributed by atoms with Gasteiger partial charge in [0.1, 0.15) is 0 Å². The molecule has 0 aromatic heterocycles. The number of nitrogens with zero attached hydrogens (tertiary/aromatic N) is 2. The molecule has 0 aromatic carbocycles. The summed E-state index contributed by atoms with van der Waals surface area (Å²) in [5.41, 5.74) is 5.60. The van der Waals surface area contributed by atoms with Crippen LogP contribution in [0.25, 0.3) is 0 Å². The third-order valence-corrected chi connectivity index (χ3v) is 4.38. The molecule has 16 heavy (non-hydrogen) atoms. The lowest BCUT2D eigenvalue weighted by Gasteiger charge is -2.45. The largest absolute Gasteiger partial charge is 0.330 e. The Morgan fingerprint density at radius 1 is 1.38 bits per heavy atom. The first-order valence-corrected chi connectivity index (χ1v) is 6.92. The van der Waals surface area contributed by atoms with Crippen molar-refractivity contribution in [2.24, 2.45) is 5.73 Å². The Hall–Kier alpha value is -0.120. The van der Waals surface area contributed by atoms with Crippen molar-refractivity contribution < 1.29 is 0 Å². The van der Waals surface area contributed by atoms with Gasteiger partial charge in [0.2, 0.25) is 0 Å². The lowest BCUT2D eigenvalue weighted by atomic mass is 10.0. The lowest BCUT2D eigenvalue weighted by molar-refractivity contribution is 0.0303. The number of nitrogens with two attached hydrogens (primary N) is 1. The summed E-state index contributed by atoms with van der Waals surface area (Å²) in [6.45, 7) is 9.48. The van der Waals surface area contributed by atoms with Gasteiger partial charge in [-0.15, -0.1) is 0 Å². The SMILES string of the molecule is CC(CCCN)N1CC2CCCN2CC1C. The Labute approximate surface area is 100.0 Å². The van der Waals surface area contributed by atoms with Crippen LogP contribution in [-0.2, 0) is 0 Å². The van der Waals surface area contributed by atoms with Gasteiger partial charge in [-0.1, -0.05) is 0 Å². The van der Waals surface area contributed by atoms with Gasteiger partial charge in [-0.3, -0.25) is 9.80 Å². The molecule has 2 rings (SSSR count). The molecule has 3 nitrogen and oxygen atoms in total. The number of fused-ring (bicyclic) bond motifs is 1. The molecule has 2 heterocycles. The van der Waals surface area contributed by atoms with Crippen molar-refractivity contribution in [3.63, 3.8) is 0 Å². The second-order valence-electron chi connectivity index (χ2n) is 5.62. The predicted molar refractivity (Wildman–Crippen MR) is 68.5 cm³/mol. The van der Waals surface area contributed by atoms with Crippen LogP contribution in [0.15, 0.2) is 0 Å². The molecular formula is C13H27N3. The molecule has 3 atom stereocenters. The zero-order chi connectivity index (χ0) is 11.5. The highest BCUT2D eigenvalue weighted by molar-refractivity contribution is 4.92. The van der Waals surface area contributed by atoms with Crippen LogP contribution < -0.4 is 5.73 Å². The molecule has 0 amide bonds. The Kier molecular flexibility index (Phi) is 4.22. The van der Waals surface area contributed by atoms with Crippen molar-refractivity contribution in [1.82, 2.24) is 9.80 Å². The summed E-state index contributed by atoms with van der Waals surface area (Å²) in [5, 5.41) is 0. The van der Waals surface area contributed by atoms with E-state index in [9.17, 15) is 0 Å². The van der Waals surface area contributed by atoms with Crippen LogP contribution in [0.4, 0.5) is 0 Å². The van der Waals surface area contributed by atoms with Gasteiger partial charge in [0.25, 0.3) is 0 Å². The fourth-order valence-electron chi connectivity index (χ4n) is 3.40. The van der Waals surface area contributed by atoms with Crippen LogP contribution in [0.3, 0.4) is 0 Å². The normalized spacial score (nSPS) is 33.9. The van der Waals surface area contributed by atoms with Crippen LogP contribution in [0.5, 0.6) is 0 Å². The van der Waals surface area contributed by atoms with Crippen molar-refractivity contribution in [2.45, 2.75) is 57.7 Å². The molecule has 0 saturated carbocycles. The van der Waals surface area contributed by atoms with E-state index in [2.05, 4.69) is 23.6 Å². The van der Waals surface area contributed by atoms with Crippen molar-refractivity contribution in [3.8, 4) is 0 Å². The topological polar surface area (TPSA) is 32.5 Å². The Morgan fingerprint density at radius 3 is 2.94 bits per heavy atom. The smallest absolute Gasteiger partial charge is 0.0224 e. The van der Waals surface area contributed by atoms with Gasteiger partial charge in [-0.05, 0) is 52.6 Å².